The van der Waals surface area contributed by atoms with Crippen LogP contribution in [0.4, 0.5) is 8.78 Å². The maximum Gasteiger partial charge on any atom is 0.338 e. The third kappa shape index (κ3) is 13.7. The summed E-state index contributed by atoms with van der Waals surface area (Å²) in [6.07, 6.45) is 0.792. The van der Waals surface area contributed by atoms with E-state index in [-0.39, 0.29) is 35.9 Å². The van der Waals surface area contributed by atoms with Gasteiger partial charge in [-0.2, -0.15) is 0 Å². The molecule has 256 valence electrons. The van der Waals surface area contributed by atoms with Gasteiger partial charge in [0.2, 0.25) is 0 Å². The van der Waals surface area contributed by atoms with Gasteiger partial charge in [-0.3, -0.25) is 9.59 Å². The number of aryl methyl sites for hydroxylation is 2. The monoisotopic (exact) mass is 684 g/mol. The smallest absolute Gasteiger partial charge is 0.338 e. The summed E-state index contributed by atoms with van der Waals surface area (Å²) in [4.78, 5) is 45.3. The summed E-state index contributed by atoms with van der Waals surface area (Å²) in [6.45, 7) is 3.98. The van der Waals surface area contributed by atoms with Crippen LogP contribution in [0, 0.1) is 25.5 Å². The van der Waals surface area contributed by atoms with Crippen LogP contribution in [0.2, 0.25) is 0 Å². The molecule has 4 rings (SSSR count). The number of aromatic carboxylic acids is 1. The summed E-state index contributed by atoms with van der Waals surface area (Å²) >= 11 is 0. The number of carbonyl (C=O) groups is 4. The van der Waals surface area contributed by atoms with Crippen LogP contribution in [0.1, 0.15) is 43.0 Å². The zero-order chi connectivity index (χ0) is 34.9. The lowest BCUT2D eigenvalue weighted by Gasteiger charge is -2.17. The van der Waals surface area contributed by atoms with Crippen molar-refractivity contribution < 1.29 is 42.5 Å². The van der Waals surface area contributed by atoms with E-state index >= 15 is 0 Å². The molecule has 4 aromatic rings. The predicted octanol–water partition coefficient (Wildman–Crippen LogP) is 5.63. The Hall–Kier alpha value is -5.13. The van der Waals surface area contributed by atoms with Gasteiger partial charge in [0.25, 0.3) is 5.91 Å². The van der Waals surface area contributed by atoms with Crippen LogP contribution < -0.4 is 11.1 Å². The van der Waals surface area contributed by atoms with E-state index < -0.39 is 41.6 Å². The summed E-state index contributed by atoms with van der Waals surface area (Å²) in [5, 5.41) is 10.9. The van der Waals surface area contributed by atoms with Crippen LogP contribution in [-0.4, -0.2) is 55.2 Å². The fraction of sp³-hybridized carbons (Fsp3) is 0.222. The molecule has 0 saturated heterocycles. The number of halogens is 3. The number of ether oxygens (including phenoxy) is 2. The molecule has 0 aliphatic rings. The van der Waals surface area contributed by atoms with Gasteiger partial charge in [0, 0.05) is 6.42 Å². The van der Waals surface area contributed by atoms with Crippen LogP contribution in [-0.2, 0) is 31.9 Å². The molecule has 9 nitrogen and oxygen atoms in total. The summed E-state index contributed by atoms with van der Waals surface area (Å²) in [6, 6.07) is 25.0. The molecule has 1 amide bonds. The van der Waals surface area contributed by atoms with Gasteiger partial charge in [-0.1, -0.05) is 83.9 Å². The molecule has 0 radical (unpaired) electrons. The first-order valence-corrected chi connectivity index (χ1v) is 14.4. The molecular formula is C36H39ClF2N2O7. The van der Waals surface area contributed by atoms with E-state index in [0.717, 1.165) is 22.8 Å². The predicted molar refractivity (Wildman–Crippen MR) is 180 cm³/mol. The average Bonchev–Trinajstić information content (AvgIpc) is 3.06. The Morgan fingerprint density at radius 3 is 1.50 bits per heavy atom. The highest BCUT2D eigenvalue weighted by Crippen LogP contribution is 2.11. The van der Waals surface area contributed by atoms with Crippen molar-refractivity contribution in [3.8, 4) is 0 Å². The number of nitrogens with two attached hydrogens (primary N) is 1. The molecular weight excluding hydrogens is 646 g/mol. The first-order valence-electron chi connectivity index (χ1n) is 14.4. The van der Waals surface area contributed by atoms with E-state index in [0.29, 0.717) is 6.42 Å². The largest absolute Gasteiger partial charge is 0.478 e. The van der Waals surface area contributed by atoms with Crippen LogP contribution in [0.3, 0.4) is 0 Å². The molecule has 48 heavy (non-hydrogen) atoms. The fourth-order valence-corrected chi connectivity index (χ4v) is 4.02. The number of carboxylic acids is 1. The number of nitrogens with one attached hydrogen (secondary N) is 1. The minimum atomic E-state index is -1.24. The Morgan fingerprint density at radius 1 is 0.688 bits per heavy atom. The van der Waals surface area contributed by atoms with Gasteiger partial charge in [-0.05, 0) is 55.7 Å². The van der Waals surface area contributed by atoms with Gasteiger partial charge in [0.05, 0.1) is 25.3 Å². The number of methoxy groups -OCH3 is 2. The molecule has 4 N–H and O–H groups in total. The SMILES string of the molecule is COC(=O)C(Cc1ccc(C)cc1)NC(=O)c1ccccc1F.COC(=O)C(N)Cc1ccc(C)cc1.Cl.O=C(O)c1ccccc1F. The van der Waals surface area contributed by atoms with Crippen molar-refractivity contribution in [2.24, 2.45) is 5.73 Å². The molecule has 0 aromatic heterocycles. The lowest BCUT2D eigenvalue weighted by molar-refractivity contribution is -0.143. The lowest BCUT2D eigenvalue weighted by atomic mass is 10.0. The minimum absolute atomic E-state index is 0. The van der Waals surface area contributed by atoms with E-state index in [1.165, 1.54) is 56.2 Å². The van der Waals surface area contributed by atoms with E-state index in [1.807, 2.05) is 62.4 Å². The number of hydrogen-bond acceptors (Lipinski definition) is 7. The number of amides is 1. The molecule has 0 bridgehead atoms. The number of esters is 2. The standard InChI is InChI=1S/C18H18FNO3.C11H15NO2.C7H5FO2.ClH/c1-12-7-9-13(10-8-12)11-16(18(22)23-2)20-17(21)14-5-3-4-6-15(14)19;1-8-3-5-9(6-4-8)7-10(12)11(13)14-2;8-6-4-2-1-3-5(6)7(9)10;/h3-10,16H,11H2,1-2H3,(H,20,21);3-6,10H,7,12H2,1-2H3;1-4H,(H,9,10);1H. The molecule has 0 aliphatic heterocycles. The number of hydrogen-bond donors (Lipinski definition) is 3. The third-order valence-corrected chi connectivity index (χ3v) is 6.65. The molecule has 0 aliphatic carbocycles. The second kappa shape index (κ2) is 20.9. The Morgan fingerprint density at radius 2 is 1.10 bits per heavy atom. The van der Waals surface area contributed by atoms with Gasteiger partial charge >= 0.3 is 17.9 Å². The third-order valence-electron chi connectivity index (χ3n) is 6.65. The quantitative estimate of drug-likeness (QED) is 0.192. The maximum atomic E-state index is 13.7. The molecule has 12 heteroatoms. The van der Waals surface area contributed by atoms with E-state index in [2.05, 4.69) is 10.1 Å². The number of carbonyl (C=O) groups excluding carboxylic acids is 3. The van der Waals surface area contributed by atoms with Crippen molar-refractivity contribution in [2.45, 2.75) is 38.8 Å². The fourth-order valence-electron chi connectivity index (χ4n) is 4.02. The molecule has 0 spiro atoms. The Balaban J connectivity index is 0.000000392. The molecule has 4 aromatic carbocycles. The zero-order valence-electron chi connectivity index (χ0n) is 26.9. The topological polar surface area (TPSA) is 145 Å². The Bertz CT molecular complexity index is 1630. The van der Waals surface area contributed by atoms with Gasteiger partial charge in [0.15, 0.2) is 0 Å². The summed E-state index contributed by atoms with van der Waals surface area (Å²) in [5.41, 5.74) is 9.44. The number of carboxylic acid groups (broad SMARTS) is 1. The van der Waals surface area contributed by atoms with E-state index in [4.69, 9.17) is 15.6 Å². The Kier molecular flexibility index (Phi) is 17.8. The van der Waals surface area contributed by atoms with Crippen LogP contribution in [0.25, 0.3) is 0 Å². The van der Waals surface area contributed by atoms with Crippen molar-refractivity contribution in [3.05, 3.63) is 142 Å². The molecule has 0 heterocycles. The van der Waals surface area contributed by atoms with Crippen molar-refractivity contribution in [3.63, 3.8) is 0 Å². The lowest BCUT2D eigenvalue weighted by Crippen LogP contribution is -2.43. The van der Waals surface area contributed by atoms with Crippen molar-refractivity contribution in [1.82, 2.24) is 5.32 Å². The second-order valence-corrected chi connectivity index (χ2v) is 10.3. The Labute approximate surface area is 284 Å². The highest BCUT2D eigenvalue weighted by Gasteiger charge is 2.23. The highest BCUT2D eigenvalue weighted by atomic mass is 35.5. The summed E-state index contributed by atoms with van der Waals surface area (Å²) < 4.78 is 35.4. The molecule has 0 saturated carbocycles. The molecule has 2 atom stereocenters. The number of rotatable bonds is 9. The maximum absolute atomic E-state index is 13.7. The van der Waals surface area contributed by atoms with Gasteiger partial charge < -0.3 is 25.6 Å². The van der Waals surface area contributed by atoms with E-state index in [9.17, 15) is 28.0 Å². The normalized spacial score (nSPS) is 11.1. The second-order valence-electron chi connectivity index (χ2n) is 10.3. The minimum Gasteiger partial charge on any atom is -0.478 e. The first kappa shape index (κ1) is 40.9. The first-order chi connectivity index (χ1) is 22.4. The van der Waals surface area contributed by atoms with Gasteiger partial charge in [-0.25, -0.2) is 18.4 Å². The van der Waals surface area contributed by atoms with Crippen LogP contribution in [0.5, 0.6) is 0 Å². The van der Waals surface area contributed by atoms with E-state index in [1.54, 1.807) is 6.07 Å². The van der Waals surface area contributed by atoms with Crippen molar-refractivity contribution in [2.75, 3.05) is 14.2 Å². The molecule has 0 fully saturated rings. The van der Waals surface area contributed by atoms with Gasteiger partial charge in [-0.15, -0.1) is 12.4 Å². The molecule has 2 unspecified atom stereocenters. The highest BCUT2D eigenvalue weighted by molar-refractivity contribution is 5.97. The van der Waals surface area contributed by atoms with Gasteiger partial charge in [0.1, 0.15) is 23.7 Å². The number of benzene rings is 4. The zero-order valence-corrected chi connectivity index (χ0v) is 27.8. The van der Waals surface area contributed by atoms with Crippen LogP contribution in [0.15, 0.2) is 97.1 Å². The average molecular weight is 685 g/mol. The summed E-state index contributed by atoms with van der Waals surface area (Å²) in [5.74, 6) is -4.16. The van der Waals surface area contributed by atoms with Crippen molar-refractivity contribution in [1.29, 1.82) is 0 Å². The van der Waals surface area contributed by atoms with Crippen molar-refractivity contribution >= 4 is 36.2 Å². The van der Waals surface area contributed by atoms with Crippen LogP contribution >= 0.6 is 12.4 Å². The summed E-state index contributed by atoms with van der Waals surface area (Å²) in [7, 11) is 2.59.